The smallest absolute Gasteiger partial charge is 0.230 e. The second-order valence-electron chi connectivity index (χ2n) is 4.69. The average molecular weight is 391 g/mol. The van der Waals surface area contributed by atoms with Crippen LogP contribution in [0, 0.1) is 5.92 Å². The van der Waals surface area contributed by atoms with Crippen molar-refractivity contribution in [2.45, 2.75) is 19.9 Å². The molecule has 0 radical (unpaired) electrons. The van der Waals surface area contributed by atoms with Crippen molar-refractivity contribution in [3.63, 3.8) is 0 Å². The van der Waals surface area contributed by atoms with Crippen LogP contribution in [0.25, 0.3) is 11.3 Å². The molecule has 0 saturated carbocycles. The normalized spacial score (nSPS) is 13.1. The zero-order chi connectivity index (χ0) is 14.7. The predicted molar refractivity (Wildman–Crippen MR) is 93.9 cm³/mol. The van der Waals surface area contributed by atoms with Gasteiger partial charge in [0.25, 0.3) is 0 Å². The number of anilines is 1. The fraction of sp³-hybridized carbons (Fsp3) is 0.286. The van der Waals surface area contributed by atoms with Gasteiger partial charge < -0.3 is 11.1 Å². The van der Waals surface area contributed by atoms with E-state index in [4.69, 9.17) is 5.73 Å². The topological polar surface area (TPSA) is 68.0 Å². The molecule has 0 aliphatic rings. The summed E-state index contributed by atoms with van der Waals surface area (Å²) in [6.45, 7) is 3.63. The molecule has 0 aliphatic carbocycles. The molecule has 2 rings (SSSR count). The fourth-order valence-corrected chi connectivity index (χ4v) is 2.69. The van der Waals surface area contributed by atoms with Gasteiger partial charge in [0.2, 0.25) is 5.91 Å². The highest BCUT2D eigenvalue weighted by Gasteiger charge is 2.18. The summed E-state index contributed by atoms with van der Waals surface area (Å²) in [4.78, 5) is 16.4. The Balaban J connectivity index is 0.00000220. The van der Waals surface area contributed by atoms with Crippen molar-refractivity contribution >= 4 is 50.7 Å². The lowest BCUT2D eigenvalue weighted by molar-refractivity contribution is -0.119. The summed E-state index contributed by atoms with van der Waals surface area (Å²) >= 11 is 4.84. The maximum absolute atomic E-state index is 11.9. The summed E-state index contributed by atoms with van der Waals surface area (Å²) in [5.41, 5.74) is 7.58. The number of benzene rings is 1. The van der Waals surface area contributed by atoms with Gasteiger partial charge in [-0.05, 0) is 19.1 Å². The third-order valence-electron chi connectivity index (χ3n) is 3.06. The van der Waals surface area contributed by atoms with Gasteiger partial charge in [-0.25, -0.2) is 4.98 Å². The van der Waals surface area contributed by atoms with Crippen molar-refractivity contribution in [2.24, 2.45) is 11.7 Å². The first-order valence-electron chi connectivity index (χ1n) is 6.25. The third-order valence-corrected chi connectivity index (χ3v) is 4.31. The minimum Gasteiger partial charge on any atom is -0.327 e. The number of hydrogen-bond acceptors (Lipinski definition) is 4. The molecule has 1 aromatic heterocycles. The van der Waals surface area contributed by atoms with Crippen LogP contribution in [0.15, 0.2) is 34.1 Å². The molecule has 0 fully saturated rings. The highest BCUT2D eigenvalue weighted by molar-refractivity contribution is 9.10. The number of nitrogens with one attached hydrogen (secondary N) is 1. The number of nitrogens with two attached hydrogens (primary N) is 1. The molecular formula is C14H17BrClN3OS. The van der Waals surface area contributed by atoms with Crippen molar-refractivity contribution in [3.05, 3.63) is 34.1 Å². The summed E-state index contributed by atoms with van der Waals surface area (Å²) in [5, 5.41) is 5.32. The van der Waals surface area contributed by atoms with Crippen LogP contribution in [0.1, 0.15) is 13.8 Å². The molecule has 1 aromatic carbocycles. The summed E-state index contributed by atoms with van der Waals surface area (Å²) in [7, 11) is 0. The van der Waals surface area contributed by atoms with Gasteiger partial charge in [0.15, 0.2) is 5.13 Å². The minimum absolute atomic E-state index is 0. The van der Waals surface area contributed by atoms with Gasteiger partial charge in [-0.1, -0.05) is 35.0 Å². The highest BCUT2D eigenvalue weighted by Crippen LogP contribution is 2.27. The van der Waals surface area contributed by atoms with Gasteiger partial charge in [0, 0.05) is 21.5 Å². The number of thiazole rings is 1. The Bertz CT molecular complexity index is 618. The maximum Gasteiger partial charge on any atom is 0.230 e. The molecule has 114 valence electrons. The van der Waals surface area contributed by atoms with E-state index in [-0.39, 0.29) is 30.3 Å². The van der Waals surface area contributed by atoms with Gasteiger partial charge in [0.1, 0.15) is 0 Å². The van der Waals surface area contributed by atoms with E-state index in [9.17, 15) is 4.79 Å². The number of hydrogen-bond donors (Lipinski definition) is 2. The van der Waals surface area contributed by atoms with E-state index in [0.29, 0.717) is 5.13 Å². The Labute approximate surface area is 142 Å². The van der Waals surface area contributed by atoms with Crippen molar-refractivity contribution in [2.75, 3.05) is 5.32 Å². The van der Waals surface area contributed by atoms with Crippen LogP contribution in [0.3, 0.4) is 0 Å². The van der Waals surface area contributed by atoms with Gasteiger partial charge >= 0.3 is 0 Å². The zero-order valence-corrected chi connectivity index (χ0v) is 14.9. The number of halogens is 2. The molecule has 3 N–H and O–H groups in total. The largest absolute Gasteiger partial charge is 0.327 e. The van der Waals surface area contributed by atoms with Crippen LogP contribution in [0.5, 0.6) is 0 Å². The van der Waals surface area contributed by atoms with Crippen LogP contribution in [0.4, 0.5) is 5.13 Å². The van der Waals surface area contributed by atoms with E-state index in [0.717, 1.165) is 15.7 Å². The summed E-state index contributed by atoms with van der Waals surface area (Å²) < 4.78 is 0.999. The molecule has 2 unspecified atom stereocenters. The van der Waals surface area contributed by atoms with Crippen molar-refractivity contribution in [1.29, 1.82) is 0 Å². The van der Waals surface area contributed by atoms with Gasteiger partial charge in [-0.2, -0.15) is 0 Å². The lowest BCUT2D eigenvalue weighted by Crippen LogP contribution is -2.34. The Morgan fingerprint density at radius 1 is 1.43 bits per heavy atom. The van der Waals surface area contributed by atoms with E-state index in [2.05, 4.69) is 26.2 Å². The first kappa shape index (κ1) is 18.1. The average Bonchev–Trinajstić information content (AvgIpc) is 2.86. The Hall–Kier alpha value is -0.950. The van der Waals surface area contributed by atoms with Gasteiger partial charge in [-0.15, -0.1) is 23.7 Å². The molecule has 2 atom stereocenters. The predicted octanol–water partition coefficient (Wildman–Crippen LogP) is 3.92. The van der Waals surface area contributed by atoms with E-state index in [1.807, 2.05) is 43.5 Å². The molecule has 4 nitrogen and oxygen atoms in total. The number of amides is 1. The second-order valence-corrected chi connectivity index (χ2v) is 6.46. The fourth-order valence-electron chi connectivity index (χ4n) is 1.57. The monoisotopic (exact) mass is 389 g/mol. The van der Waals surface area contributed by atoms with Crippen LogP contribution in [0.2, 0.25) is 0 Å². The van der Waals surface area contributed by atoms with E-state index < -0.39 is 0 Å². The molecule has 1 heterocycles. The van der Waals surface area contributed by atoms with Crippen molar-refractivity contribution in [3.8, 4) is 11.3 Å². The number of carbonyl (C=O) groups is 1. The molecule has 21 heavy (non-hydrogen) atoms. The third kappa shape index (κ3) is 4.78. The number of aromatic nitrogens is 1. The van der Waals surface area contributed by atoms with Crippen LogP contribution in [-0.4, -0.2) is 16.9 Å². The van der Waals surface area contributed by atoms with Gasteiger partial charge in [-0.3, -0.25) is 4.79 Å². The Morgan fingerprint density at radius 2 is 2.14 bits per heavy atom. The highest BCUT2D eigenvalue weighted by atomic mass is 79.9. The minimum atomic E-state index is -0.242. The molecule has 0 spiro atoms. The standard InChI is InChI=1S/C14H16BrN3OS.ClH/c1-8(9(2)16)13(19)18-14-17-12(7-20-14)10-4-3-5-11(15)6-10;/h3-9H,16H2,1-2H3,(H,17,18,19);1H. The Kier molecular flexibility index (Phi) is 6.80. The zero-order valence-electron chi connectivity index (χ0n) is 11.7. The summed E-state index contributed by atoms with van der Waals surface area (Å²) in [6.07, 6.45) is 0. The second kappa shape index (κ2) is 7.89. The molecular weight excluding hydrogens is 374 g/mol. The molecule has 0 bridgehead atoms. The Morgan fingerprint density at radius 3 is 2.76 bits per heavy atom. The van der Waals surface area contributed by atoms with E-state index in [1.54, 1.807) is 0 Å². The van der Waals surface area contributed by atoms with Crippen LogP contribution in [-0.2, 0) is 4.79 Å². The molecule has 0 aliphatic heterocycles. The molecule has 0 saturated heterocycles. The molecule has 7 heteroatoms. The molecule has 1 amide bonds. The van der Waals surface area contributed by atoms with E-state index >= 15 is 0 Å². The van der Waals surface area contributed by atoms with Crippen LogP contribution >= 0.6 is 39.7 Å². The number of nitrogens with zero attached hydrogens (tertiary/aromatic N) is 1. The SMILES string of the molecule is CC(N)C(C)C(=O)Nc1nc(-c2cccc(Br)c2)cs1.Cl. The lowest BCUT2D eigenvalue weighted by Gasteiger charge is -2.13. The van der Waals surface area contributed by atoms with Crippen molar-refractivity contribution in [1.82, 2.24) is 4.98 Å². The summed E-state index contributed by atoms with van der Waals surface area (Å²) in [5.74, 6) is -0.344. The first-order chi connectivity index (χ1) is 9.47. The van der Waals surface area contributed by atoms with Crippen molar-refractivity contribution < 1.29 is 4.79 Å². The van der Waals surface area contributed by atoms with Crippen LogP contribution < -0.4 is 11.1 Å². The molecule has 2 aromatic rings. The quantitative estimate of drug-likeness (QED) is 0.831. The number of rotatable bonds is 4. The first-order valence-corrected chi connectivity index (χ1v) is 7.92. The van der Waals surface area contributed by atoms with Gasteiger partial charge in [0.05, 0.1) is 11.6 Å². The summed E-state index contributed by atoms with van der Waals surface area (Å²) in [6, 6.07) is 7.71. The number of carbonyl (C=O) groups excluding carboxylic acids is 1. The lowest BCUT2D eigenvalue weighted by atomic mass is 10.0. The maximum atomic E-state index is 11.9. The van der Waals surface area contributed by atoms with E-state index in [1.165, 1.54) is 11.3 Å².